The fourth-order valence-electron chi connectivity index (χ4n) is 2.36. The van der Waals surface area contributed by atoms with E-state index in [1.807, 2.05) is 19.9 Å². The topological polar surface area (TPSA) is 73.9 Å². The van der Waals surface area contributed by atoms with Crippen LogP contribution in [0, 0.1) is 0 Å². The van der Waals surface area contributed by atoms with E-state index in [2.05, 4.69) is 4.72 Å². The maximum Gasteiger partial charge on any atom is 0.265 e. The molecule has 0 atom stereocenters. The number of hydrogen-bond donors (Lipinski definition) is 1. The van der Waals surface area contributed by atoms with Crippen LogP contribution in [0.2, 0.25) is 0 Å². The van der Waals surface area contributed by atoms with Crippen LogP contribution in [0.25, 0.3) is 0 Å². The van der Waals surface area contributed by atoms with Crippen LogP contribution in [0.3, 0.4) is 0 Å². The average Bonchev–Trinajstić information content (AvgIpc) is 2.60. The van der Waals surface area contributed by atoms with Gasteiger partial charge in [0.1, 0.15) is 22.1 Å². The van der Waals surface area contributed by atoms with E-state index in [1.165, 1.54) is 21.3 Å². The van der Waals surface area contributed by atoms with Crippen molar-refractivity contribution in [2.45, 2.75) is 24.7 Å². The Hall–Kier alpha value is -2.41. The van der Waals surface area contributed by atoms with Gasteiger partial charge in [-0.05, 0) is 35.7 Å². The van der Waals surface area contributed by atoms with Gasteiger partial charge in [0, 0.05) is 6.07 Å². The molecule has 0 fully saturated rings. The third-order valence-corrected chi connectivity index (χ3v) is 5.18. The summed E-state index contributed by atoms with van der Waals surface area (Å²) in [6.45, 7) is 3.99. The number of ether oxygens (including phenoxy) is 3. The Morgan fingerprint density at radius 2 is 1.52 bits per heavy atom. The average molecular weight is 365 g/mol. The largest absolute Gasteiger partial charge is 0.497 e. The molecule has 0 unspecified atom stereocenters. The van der Waals surface area contributed by atoms with Gasteiger partial charge in [0.25, 0.3) is 10.0 Å². The van der Waals surface area contributed by atoms with Crippen LogP contribution in [0.5, 0.6) is 17.2 Å². The lowest BCUT2D eigenvalue weighted by molar-refractivity contribution is 0.402. The highest BCUT2D eigenvalue weighted by Gasteiger charge is 2.22. The van der Waals surface area contributed by atoms with Gasteiger partial charge in [0.05, 0.1) is 27.0 Å². The first kappa shape index (κ1) is 18.9. The molecule has 136 valence electrons. The van der Waals surface area contributed by atoms with Crippen molar-refractivity contribution in [3.8, 4) is 17.2 Å². The summed E-state index contributed by atoms with van der Waals surface area (Å²) in [4.78, 5) is 0.0751. The molecule has 0 radical (unpaired) electrons. The summed E-state index contributed by atoms with van der Waals surface area (Å²) in [5.41, 5.74) is 1.19. The minimum absolute atomic E-state index is 0.0751. The molecule has 2 aromatic rings. The zero-order chi connectivity index (χ0) is 18.6. The van der Waals surface area contributed by atoms with Gasteiger partial charge in [-0.1, -0.05) is 19.9 Å². The highest BCUT2D eigenvalue weighted by molar-refractivity contribution is 7.92. The second-order valence-electron chi connectivity index (χ2n) is 5.74. The highest BCUT2D eigenvalue weighted by atomic mass is 32.2. The van der Waals surface area contributed by atoms with Crippen molar-refractivity contribution < 1.29 is 22.6 Å². The molecule has 0 aliphatic carbocycles. The van der Waals surface area contributed by atoms with Crippen molar-refractivity contribution in [1.82, 2.24) is 0 Å². The van der Waals surface area contributed by atoms with E-state index in [4.69, 9.17) is 14.2 Å². The lowest BCUT2D eigenvalue weighted by Gasteiger charge is -2.16. The van der Waals surface area contributed by atoms with Crippen molar-refractivity contribution in [1.29, 1.82) is 0 Å². The molecule has 0 aliphatic heterocycles. The Morgan fingerprint density at radius 3 is 2.08 bits per heavy atom. The van der Waals surface area contributed by atoms with Gasteiger partial charge in [-0.15, -0.1) is 0 Å². The number of benzene rings is 2. The Balaban J connectivity index is 2.51. The molecule has 0 heterocycles. The van der Waals surface area contributed by atoms with Gasteiger partial charge in [0.15, 0.2) is 0 Å². The maximum absolute atomic E-state index is 12.9. The van der Waals surface area contributed by atoms with Crippen LogP contribution < -0.4 is 18.9 Å². The lowest BCUT2D eigenvalue weighted by Crippen LogP contribution is -2.15. The van der Waals surface area contributed by atoms with Crippen LogP contribution in [-0.2, 0) is 10.0 Å². The maximum atomic E-state index is 12.9. The van der Waals surface area contributed by atoms with Gasteiger partial charge in [-0.2, -0.15) is 0 Å². The molecule has 0 bridgehead atoms. The SMILES string of the molecule is COc1ccc(OC)c(NS(=O)(=O)c2cc(C(C)C)ccc2OC)c1. The van der Waals surface area contributed by atoms with Crippen LogP contribution in [0.4, 0.5) is 5.69 Å². The third kappa shape index (κ3) is 4.17. The molecule has 25 heavy (non-hydrogen) atoms. The van der Waals surface area contributed by atoms with Crippen LogP contribution in [-0.4, -0.2) is 29.7 Å². The number of sulfonamides is 1. The summed E-state index contributed by atoms with van der Waals surface area (Å²) in [5, 5.41) is 0. The highest BCUT2D eigenvalue weighted by Crippen LogP contribution is 2.34. The number of hydrogen-bond acceptors (Lipinski definition) is 5. The quantitative estimate of drug-likeness (QED) is 0.811. The fourth-order valence-corrected chi connectivity index (χ4v) is 3.62. The van der Waals surface area contributed by atoms with E-state index in [9.17, 15) is 8.42 Å². The molecular formula is C18H23NO5S. The lowest BCUT2D eigenvalue weighted by atomic mass is 10.0. The zero-order valence-electron chi connectivity index (χ0n) is 15.0. The Kier molecular flexibility index (Phi) is 5.79. The smallest absolute Gasteiger partial charge is 0.265 e. The molecule has 0 spiro atoms. The summed E-state index contributed by atoms with van der Waals surface area (Å²) in [7, 11) is 0.541. The molecule has 0 amide bonds. The molecule has 1 N–H and O–H groups in total. The molecule has 2 rings (SSSR count). The first-order valence-electron chi connectivity index (χ1n) is 7.75. The van der Waals surface area contributed by atoms with Gasteiger partial charge in [0.2, 0.25) is 0 Å². The Morgan fingerprint density at radius 1 is 0.880 bits per heavy atom. The Labute approximate surface area is 148 Å². The summed E-state index contributed by atoms with van der Waals surface area (Å²) >= 11 is 0. The van der Waals surface area contributed by atoms with Crippen molar-refractivity contribution in [3.63, 3.8) is 0 Å². The van der Waals surface area contributed by atoms with E-state index in [1.54, 1.807) is 30.3 Å². The molecule has 0 aromatic heterocycles. The first-order chi connectivity index (χ1) is 11.8. The standard InChI is InChI=1S/C18H23NO5S/c1-12(2)13-6-8-17(24-5)18(10-13)25(20,21)19-15-11-14(22-3)7-9-16(15)23-4/h6-12,19H,1-5H3. The molecule has 0 saturated heterocycles. The molecule has 0 saturated carbocycles. The molecule has 2 aromatic carbocycles. The van der Waals surface area contributed by atoms with E-state index in [0.717, 1.165) is 5.56 Å². The van der Waals surface area contributed by atoms with Crippen LogP contribution >= 0.6 is 0 Å². The minimum atomic E-state index is -3.88. The van der Waals surface area contributed by atoms with Crippen molar-refractivity contribution >= 4 is 15.7 Å². The van der Waals surface area contributed by atoms with Gasteiger partial charge >= 0.3 is 0 Å². The van der Waals surface area contributed by atoms with E-state index < -0.39 is 10.0 Å². The number of anilines is 1. The molecule has 7 heteroatoms. The molecular weight excluding hydrogens is 342 g/mol. The zero-order valence-corrected chi connectivity index (χ0v) is 15.8. The van der Waals surface area contributed by atoms with E-state index in [0.29, 0.717) is 17.2 Å². The van der Waals surface area contributed by atoms with Gasteiger partial charge in [-0.25, -0.2) is 8.42 Å². The second-order valence-corrected chi connectivity index (χ2v) is 7.39. The normalized spacial score (nSPS) is 11.3. The van der Waals surface area contributed by atoms with Crippen molar-refractivity contribution in [2.75, 3.05) is 26.1 Å². The van der Waals surface area contributed by atoms with E-state index >= 15 is 0 Å². The minimum Gasteiger partial charge on any atom is -0.497 e. The number of methoxy groups -OCH3 is 3. The Bertz CT molecular complexity index is 847. The van der Waals surface area contributed by atoms with Crippen LogP contribution in [0.15, 0.2) is 41.3 Å². The van der Waals surface area contributed by atoms with Crippen molar-refractivity contribution in [3.05, 3.63) is 42.0 Å². The van der Waals surface area contributed by atoms with E-state index in [-0.39, 0.29) is 16.6 Å². The van der Waals surface area contributed by atoms with Crippen LogP contribution in [0.1, 0.15) is 25.3 Å². The molecule has 6 nitrogen and oxygen atoms in total. The van der Waals surface area contributed by atoms with Gasteiger partial charge < -0.3 is 14.2 Å². The third-order valence-electron chi connectivity index (χ3n) is 3.79. The summed E-state index contributed by atoms with van der Waals surface area (Å²) < 4.78 is 44.0. The second kappa shape index (κ2) is 7.65. The fraction of sp³-hybridized carbons (Fsp3) is 0.333. The molecule has 0 aliphatic rings. The number of rotatable bonds is 7. The predicted molar refractivity (Wildman–Crippen MR) is 97.4 cm³/mol. The number of nitrogens with one attached hydrogen (secondary N) is 1. The monoisotopic (exact) mass is 365 g/mol. The van der Waals surface area contributed by atoms with Crippen molar-refractivity contribution in [2.24, 2.45) is 0 Å². The summed E-state index contributed by atoms with van der Waals surface area (Å²) in [6, 6.07) is 10.0. The summed E-state index contributed by atoms with van der Waals surface area (Å²) in [6.07, 6.45) is 0. The first-order valence-corrected chi connectivity index (χ1v) is 9.23. The summed E-state index contributed by atoms with van der Waals surface area (Å²) in [5.74, 6) is 1.37. The predicted octanol–water partition coefficient (Wildman–Crippen LogP) is 3.64. The van der Waals surface area contributed by atoms with Gasteiger partial charge in [-0.3, -0.25) is 4.72 Å².